The zero-order chi connectivity index (χ0) is 10.7. The SMILES string of the molecule is CNCc1occc1-c1ccccc1F. The van der Waals surface area contributed by atoms with Gasteiger partial charge < -0.3 is 9.73 Å². The van der Waals surface area contributed by atoms with Gasteiger partial charge in [-0.2, -0.15) is 0 Å². The fourth-order valence-corrected chi connectivity index (χ4v) is 1.56. The van der Waals surface area contributed by atoms with Crippen LogP contribution in [-0.2, 0) is 6.54 Å². The molecule has 0 aliphatic carbocycles. The Balaban J connectivity index is 2.45. The smallest absolute Gasteiger partial charge is 0.131 e. The molecule has 78 valence electrons. The van der Waals surface area contributed by atoms with Crippen LogP contribution in [-0.4, -0.2) is 7.05 Å². The van der Waals surface area contributed by atoms with E-state index in [1.165, 1.54) is 6.07 Å². The van der Waals surface area contributed by atoms with Gasteiger partial charge in [0.05, 0.1) is 12.8 Å². The van der Waals surface area contributed by atoms with Crippen LogP contribution in [0.15, 0.2) is 41.0 Å². The Morgan fingerprint density at radius 2 is 2.00 bits per heavy atom. The lowest BCUT2D eigenvalue weighted by molar-refractivity contribution is 0.496. The Hall–Kier alpha value is -1.61. The lowest BCUT2D eigenvalue weighted by Crippen LogP contribution is -2.05. The average molecular weight is 205 g/mol. The molecule has 1 N–H and O–H groups in total. The first-order valence-corrected chi connectivity index (χ1v) is 4.79. The largest absolute Gasteiger partial charge is 0.467 e. The minimum Gasteiger partial charge on any atom is -0.467 e. The van der Waals surface area contributed by atoms with Crippen molar-refractivity contribution < 1.29 is 8.81 Å². The minimum atomic E-state index is -0.226. The molecule has 0 atom stereocenters. The first-order valence-electron chi connectivity index (χ1n) is 4.79. The molecule has 0 unspecified atom stereocenters. The molecule has 15 heavy (non-hydrogen) atoms. The second-order valence-electron chi connectivity index (χ2n) is 3.27. The topological polar surface area (TPSA) is 25.2 Å². The van der Waals surface area contributed by atoms with Crippen LogP contribution in [0.4, 0.5) is 4.39 Å². The van der Waals surface area contributed by atoms with Crippen molar-refractivity contribution in [3.63, 3.8) is 0 Å². The van der Waals surface area contributed by atoms with Gasteiger partial charge in [0.15, 0.2) is 0 Å². The summed E-state index contributed by atoms with van der Waals surface area (Å²) in [6.45, 7) is 0.594. The third-order valence-electron chi connectivity index (χ3n) is 2.25. The monoisotopic (exact) mass is 205 g/mol. The molecule has 0 bridgehead atoms. The molecular formula is C12H12FNO. The highest BCUT2D eigenvalue weighted by Gasteiger charge is 2.10. The van der Waals surface area contributed by atoms with E-state index in [1.54, 1.807) is 24.5 Å². The van der Waals surface area contributed by atoms with Gasteiger partial charge in [0, 0.05) is 11.1 Å². The maximum absolute atomic E-state index is 13.5. The van der Waals surface area contributed by atoms with Crippen molar-refractivity contribution in [3.8, 4) is 11.1 Å². The van der Waals surface area contributed by atoms with E-state index in [0.29, 0.717) is 12.1 Å². The third kappa shape index (κ3) is 1.92. The van der Waals surface area contributed by atoms with Gasteiger partial charge in [0.1, 0.15) is 11.6 Å². The van der Waals surface area contributed by atoms with E-state index in [1.807, 2.05) is 13.1 Å². The summed E-state index contributed by atoms with van der Waals surface area (Å²) < 4.78 is 18.8. The van der Waals surface area contributed by atoms with Crippen LogP contribution in [0.2, 0.25) is 0 Å². The molecule has 1 heterocycles. The summed E-state index contributed by atoms with van der Waals surface area (Å²) in [5.74, 6) is 0.527. The number of benzene rings is 1. The molecule has 0 saturated heterocycles. The number of hydrogen-bond acceptors (Lipinski definition) is 2. The number of hydrogen-bond donors (Lipinski definition) is 1. The van der Waals surface area contributed by atoms with Crippen LogP contribution < -0.4 is 5.32 Å². The quantitative estimate of drug-likeness (QED) is 0.833. The molecule has 0 spiro atoms. The zero-order valence-electron chi connectivity index (χ0n) is 8.46. The summed E-state index contributed by atoms with van der Waals surface area (Å²) in [7, 11) is 1.83. The predicted molar refractivity (Wildman–Crippen MR) is 56.9 cm³/mol. The number of furan rings is 1. The van der Waals surface area contributed by atoms with Gasteiger partial charge in [-0.3, -0.25) is 0 Å². The van der Waals surface area contributed by atoms with E-state index in [9.17, 15) is 4.39 Å². The molecule has 0 radical (unpaired) electrons. The summed E-state index contributed by atoms with van der Waals surface area (Å²) in [5, 5.41) is 2.98. The molecule has 0 aliphatic rings. The lowest BCUT2D eigenvalue weighted by atomic mass is 10.1. The van der Waals surface area contributed by atoms with Crippen molar-refractivity contribution in [1.29, 1.82) is 0 Å². The average Bonchev–Trinajstić information content (AvgIpc) is 2.67. The first kappa shape index (κ1) is 9.93. The van der Waals surface area contributed by atoms with Crippen LogP contribution >= 0.6 is 0 Å². The van der Waals surface area contributed by atoms with Crippen molar-refractivity contribution in [2.75, 3.05) is 7.05 Å². The van der Waals surface area contributed by atoms with E-state index in [0.717, 1.165) is 11.3 Å². The van der Waals surface area contributed by atoms with Crippen LogP contribution in [0.1, 0.15) is 5.76 Å². The van der Waals surface area contributed by atoms with Crippen molar-refractivity contribution in [2.24, 2.45) is 0 Å². The third-order valence-corrected chi connectivity index (χ3v) is 2.25. The number of nitrogens with one attached hydrogen (secondary N) is 1. The highest BCUT2D eigenvalue weighted by atomic mass is 19.1. The van der Waals surface area contributed by atoms with Crippen LogP contribution in [0.3, 0.4) is 0 Å². The Morgan fingerprint density at radius 1 is 1.20 bits per heavy atom. The summed E-state index contributed by atoms with van der Waals surface area (Å²) in [4.78, 5) is 0. The minimum absolute atomic E-state index is 0.226. The predicted octanol–water partition coefficient (Wildman–Crippen LogP) is 2.81. The maximum Gasteiger partial charge on any atom is 0.131 e. The van der Waals surface area contributed by atoms with Gasteiger partial charge >= 0.3 is 0 Å². The maximum atomic E-state index is 13.5. The Kier molecular flexibility index (Phi) is 2.83. The molecule has 0 fully saturated rings. The molecule has 2 nitrogen and oxygen atoms in total. The lowest BCUT2D eigenvalue weighted by Gasteiger charge is -2.03. The van der Waals surface area contributed by atoms with Crippen LogP contribution in [0.25, 0.3) is 11.1 Å². The van der Waals surface area contributed by atoms with Crippen molar-refractivity contribution in [3.05, 3.63) is 48.2 Å². The zero-order valence-corrected chi connectivity index (χ0v) is 8.46. The summed E-state index contributed by atoms with van der Waals surface area (Å²) >= 11 is 0. The number of halogens is 1. The fourth-order valence-electron chi connectivity index (χ4n) is 1.56. The standard InChI is InChI=1S/C12H12FNO/c1-14-8-12-10(6-7-15-12)9-4-2-3-5-11(9)13/h2-7,14H,8H2,1H3. The van der Waals surface area contributed by atoms with Gasteiger partial charge in [0.2, 0.25) is 0 Å². The Bertz CT molecular complexity index is 450. The Labute approximate surface area is 87.7 Å². The molecule has 0 aliphatic heterocycles. The van der Waals surface area contributed by atoms with Crippen LogP contribution in [0, 0.1) is 5.82 Å². The van der Waals surface area contributed by atoms with E-state index in [4.69, 9.17) is 4.42 Å². The van der Waals surface area contributed by atoms with Gasteiger partial charge in [-0.1, -0.05) is 18.2 Å². The highest BCUT2D eigenvalue weighted by molar-refractivity contribution is 5.65. The number of rotatable bonds is 3. The first-order chi connectivity index (χ1) is 7.33. The molecule has 3 heteroatoms. The van der Waals surface area contributed by atoms with E-state index in [-0.39, 0.29) is 5.82 Å². The second-order valence-corrected chi connectivity index (χ2v) is 3.27. The Morgan fingerprint density at radius 3 is 2.73 bits per heavy atom. The molecule has 1 aromatic heterocycles. The summed E-state index contributed by atoms with van der Waals surface area (Å²) in [6.07, 6.45) is 1.58. The fraction of sp³-hybridized carbons (Fsp3) is 0.167. The van der Waals surface area contributed by atoms with Crippen molar-refractivity contribution in [2.45, 2.75) is 6.54 Å². The molecule has 2 aromatic rings. The molecule has 2 rings (SSSR count). The summed E-state index contributed by atoms with van der Waals surface area (Å²) in [5.41, 5.74) is 1.39. The van der Waals surface area contributed by atoms with E-state index in [2.05, 4.69) is 5.32 Å². The molecule has 0 amide bonds. The molecule has 1 aromatic carbocycles. The second kappa shape index (κ2) is 4.28. The van der Waals surface area contributed by atoms with Crippen molar-refractivity contribution >= 4 is 0 Å². The highest BCUT2D eigenvalue weighted by Crippen LogP contribution is 2.26. The van der Waals surface area contributed by atoms with Gasteiger partial charge in [-0.05, 0) is 19.2 Å². The molecular weight excluding hydrogens is 193 g/mol. The summed E-state index contributed by atoms with van der Waals surface area (Å²) in [6, 6.07) is 8.47. The van der Waals surface area contributed by atoms with Gasteiger partial charge in [0.25, 0.3) is 0 Å². The van der Waals surface area contributed by atoms with Gasteiger partial charge in [-0.15, -0.1) is 0 Å². The van der Waals surface area contributed by atoms with Crippen molar-refractivity contribution in [1.82, 2.24) is 5.32 Å². The van der Waals surface area contributed by atoms with Crippen LogP contribution in [0.5, 0.6) is 0 Å². The van der Waals surface area contributed by atoms with Gasteiger partial charge in [-0.25, -0.2) is 4.39 Å². The normalized spacial score (nSPS) is 10.5. The van der Waals surface area contributed by atoms with E-state index < -0.39 is 0 Å². The van der Waals surface area contributed by atoms with E-state index >= 15 is 0 Å². The molecule has 0 saturated carbocycles.